The Morgan fingerprint density at radius 2 is 1.33 bits per heavy atom. The summed E-state index contributed by atoms with van der Waals surface area (Å²) in [6.07, 6.45) is 0.632. The van der Waals surface area contributed by atoms with Crippen LogP contribution in [0, 0.1) is 0 Å². The molecule has 7 nitrogen and oxygen atoms in total. The fraction of sp³-hybridized carbons (Fsp3) is 0.192. The second kappa shape index (κ2) is 12.7. The average Bonchev–Trinajstić information content (AvgIpc) is 2.83. The minimum absolute atomic E-state index is 0.00563. The first-order valence-corrected chi connectivity index (χ1v) is 10.7. The van der Waals surface area contributed by atoms with Gasteiger partial charge in [-0.15, -0.1) is 0 Å². The molecule has 0 aliphatic heterocycles. The number of hydrogen-bond donors (Lipinski definition) is 2. The van der Waals surface area contributed by atoms with Gasteiger partial charge in [0.25, 0.3) is 5.91 Å². The lowest BCUT2D eigenvalue weighted by Crippen LogP contribution is -2.20. The van der Waals surface area contributed by atoms with E-state index in [9.17, 15) is 14.4 Å². The molecule has 0 aromatic heterocycles. The fourth-order valence-corrected chi connectivity index (χ4v) is 2.98. The number of hydrogen-bond acceptors (Lipinski definition) is 5. The van der Waals surface area contributed by atoms with Crippen molar-refractivity contribution in [2.24, 2.45) is 0 Å². The molecule has 170 valence electrons. The number of para-hydroxylation sites is 1. The van der Waals surface area contributed by atoms with Gasteiger partial charge in [0, 0.05) is 24.2 Å². The molecule has 3 aromatic carbocycles. The van der Waals surface area contributed by atoms with E-state index in [-0.39, 0.29) is 37.9 Å². The van der Waals surface area contributed by atoms with Crippen LogP contribution < -0.4 is 15.4 Å². The molecular weight excluding hydrogens is 420 g/mol. The molecule has 7 heteroatoms. The molecule has 0 saturated heterocycles. The Balaban J connectivity index is 1.36. The summed E-state index contributed by atoms with van der Waals surface area (Å²) in [5.41, 5.74) is 2.12. The molecule has 0 heterocycles. The summed E-state index contributed by atoms with van der Waals surface area (Å²) in [7, 11) is 0. The predicted molar refractivity (Wildman–Crippen MR) is 126 cm³/mol. The van der Waals surface area contributed by atoms with Gasteiger partial charge in [-0.25, -0.2) is 0 Å². The number of amides is 2. The lowest BCUT2D eigenvalue weighted by molar-refractivity contribution is -0.144. The van der Waals surface area contributed by atoms with Crippen molar-refractivity contribution in [2.75, 3.05) is 23.8 Å². The van der Waals surface area contributed by atoms with Crippen LogP contribution >= 0.6 is 0 Å². The maximum absolute atomic E-state index is 12.2. The molecular formula is C26H26N2O5. The van der Waals surface area contributed by atoms with Gasteiger partial charge in [0.05, 0.1) is 13.0 Å². The Bertz CT molecular complexity index is 1050. The molecule has 0 radical (unpaired) electrons. The van der Waals surface area contributed by atoms with E-state index in [1.54, 1.807) is 36.4 Å². The first-order valence-electron chi connectivity index (χ1n) is 10.7. The van der Waals surface area contributed by atoms with Crippen molar-refractivity contribution in [3.8, 4) is 5.75 Å². The van der Waals surface area contributed by atoms with Crippen molar-refractivity contribution < 1.29 is 23.9 Å². The van der Waals surface area contributed by atoms with E-state index in [0.29, 0.717) is 23.5 Å². The zero-order chi connectivity index (χ0) is 23.3. The van der Waals surface area contributed by atoms with E-state index in [1.165, 1.54) is 0 Å². The zero-order valence-electron chi connectivity index (χ0n) is 18.2. The molecule has 33 heavy (non-hydrogen) atoms. The first-order chi connectivity index (χ1) is 16.1. The van der Waals surface area contributed by atoms with Crippen LogP contribution in [0.2, 0.25) is 0 Å². The van der Waals surface area contributed by atoms with E-state index >= 15 is 0 Å². The van der Waals surface area contributed by atoms with Gasteiger partial charge >= 0.3 is 5.97 Å². The Morgan fingerprint density at radius 3 is 2.03 bits per heavy atom. The van der Waals surface area contributed by atoms with Crippen LogP contribution in [0.25, 0.3) is 0 Å². The Kier molecular flexibility index (Phi) is 9.03. The van der Waals surface area contributed by atoms with Gasteiger partial charge < -0.3 is 20.1 Å². The third-order valence-corrected chi connectivity index (χ3v) is 4.60. The Labute approximate surface area is 192 Å². The Hall–Kier alpha value is -4.13. The number of rotatable bonds is 11. The van der Waals surface area contributed by atoms with Crippen LogP contribution in [0.4, 0.5) is 11.4 Å². The first kappa shape index (κ1) is 23.5. The highest BCUT2D eigenvalue weighted by atomic mass is 16.5. The number of carbonyl (C=O) groups excluding carboxylic acids is 3. The molecule has 0 fully saturated rings. The van der Waals surface area contributed by atoms with Gasteiger partial charge in [-0.1, -0.05) is 54.6 Å². The normalized spacial score (nSPS) is 10.2. The average molecular weight is 447 g/mol. The lowest BCUT2D eigenvalue weighted by Gasteiger charge is -2.10. The number of carbonyl (C=O) groups is 3. The smallest absolute Gasteiger partial charge is 0.306 e. The van der Waals surface area contributed by atoms with Gasteiger partial charge in [-0.2, -0.15) is 0 Å². The van der Waals surface area contributed by atoms with Gasteiger partial charge in [0.1, 0.15) is 5.75 Å². The van der Waals surface area contributed by atoms with E-state index in [2.05, 4.69) is 10.6 Å². The summed E-state index contributed by atoms with van der Waals surface area (Å²) in [6, 6.07) is 25.5. The maximum atomic E-state index is 12.2. The summed E-state index contributed by atoms with van der Waals surface area (Å²) >= 11 is 0. The van der Waals surface area contributed by atoms with Crippen molar-refractivity contribution in [1.29, 1.82) is 0 Å². The van der Waals surface area contributed by atoms with E-state index in [4.69, 9.17) is 9.47 Å². The zero-order valence-corrected chi connectivity index (χ0v) is 18.2. The van der Waals surface area contributed by atoms with Crippen molar-refractivity contribution in [3.05, 3.63) is 90.5 Å². The standard InChI is InChI=1S/C26H26N2O5/c29-24(14-15-26(31)32-17-16-20-8-3-1-4-9-20)27-21-10-7-11-22(18-21)28-25(30)19-33-23-12-5-2-6-13-23/h1-13,18H,14-17,19H2,(H,27,29)(H,28,30). The van der Waals surface area contributed by atoms with Crippen molar-refractivity contribution in [3.63, 3.8) is 0 Å². The lowest BCUT2D eigenvalue weighted by atomic mass is 10.2. The summed E-state index contributed by atoms with van der Waals surface area (Å²) in [6.45, 7) is 0.146. The van der Waals surface area contributed by atoms with Crippen LogP contribution in [0.3, 0.4) is 0 Å². The van der Waals surface area contributed by atoms with Crippen molar-refractivity contribution in [1.82, 2.24) is 0 Å². The monoisotopic (exact) mass is 446 g/mol. The van der Waals surface area contributed by atoms with Crippen molar-refractivity contribution >= 4 is 29.2 Å². The largest absolute Gasteiger partial charge is 0.484 e. The molecule has 0 aliphatic carbocycles. The highest BCUT2D eigenvalue weighted by molar-refractivity contribution is 5.95. The molecule has 3 rings (SSSR count). The summed E-state index contributed by atoms with van der Waals surface area (Å²) in [5.74, 6) is -0.445. The second-order valence-electron chi connectivity index (χ2n) is 7.23. The number of anilines is 2. The third kappa shape index (κ3) is 8.86. The van der Waals surface area contributed by atoms with Crippen LogP contribution in [0.1, 0.15) is 18.4 Å². The number of esters is 1. The number of nitrogens with one attached hydrogen (secondary N) is 2. The van der Waals surface area contributed by atoms with Gasteiger partial charge in [-0.05, 0) is 35.9 Å². The van der Waals surface area contributed by atoms with Crippen LogP contribution in [-0.2, 0) is 25.5 Å². The van der Waals surface area contributed by atoms with E-state index < -0.39 is 5.97 Å². The molecule has 2 N–H and O–H groups in total. The maximum Gasteiger partial charge on any atom is 0.306 e. The Morgan fingerprint density at radius 1 is 0.697 bits per heavy atom. The predicted octanol–water partition coefficient (Wildman–Crippen LogP) is 4.21. The molecule has 0 atom stereocenters. The summed E-state index contributed by atoms with van der Waals surface area (Å²) in [5, 5.41) is 5.44. The van der Waals surface area contributed by atoms with Gasteiger partial charge in [-0.3, -0.25) is 14.4 Å². The molecule has 0 spiro atoms. The molecule has 0 aliphatic rings. The van der Waals surface area contributed by atoms with Gasteiger partial charge in [0.15, 0.2) is 6.61 Å². The summed E-state index contributed by atoms with van der Waals surface area (Å²) in [4.78, 5) is 36.1. The highest BCUT2D eigenvalue weighted by Crippen LogP contribution is 2.16. The van der Waals surface area contributed by atoms with Crippen molar-refractivity contribution in [2.45, 2.75) is 19.3 Å². The quantitative estimate of drug-likeness (QED) is 0.431. The molecule has 0 unspecified atom stereocenters. The topological polar surface area (TPSA) is 93.7 Å². The minimum atomic E-state index is -0.416. The highest BCUT2D eigenvalue weighted by Gasteiger charge is 2.10. The summed E-state index contributed by atoms with van der Waals surface area (Å²) < 4.78 is 10.6. The fourth-order valence-electron chi connectivity index (χ4n) is 2.98. The molecule has 0 bridgehead atoms. The molecule has 3 aromatic rings. The van der Waals surface area contributed by atoms with Crippen LogP contribution in [-0.4, -0.2) is 31.0 Å². The molecule has 2 amide bonds. The minimum Gasteiger partial charge on any atom is -0.484 e. The molecule has 0 saturated carbocycles. The number of benzene rings is 3. The van der Waals surface area contributed by atoms with E-state index in [1.807, 2.05) is 48.5 Å². The second-order valence-corrected chi connectivity index (χ2v) is 7.23. The third-order valence-electron chi connectivity index (χ3n) is 4.60. The van der Waals surface area contributed by atoms with Crippen LogP contribution in [0.5, 0.6) is 5.75 Å². The van der Waals surface area contributed by atoms with Crippen LogP contribution in [0.15, 0.2) is 84.9 Å². The van der Waals surface area contributed by atoms with Gasteiger partial charge in [0.2, 0.25) is 5.91 Å². The van der Waals surface area contributed by atoms with E-state index in [0.717, 1.165) is 5.56 Å². The number of ether oxygens (including phenoxy) is 2. The SMILES string of the molecule is O=C(CCC(=O)OCCc1ccccc1)Nc1cccc(NC(=O)COc2ccccc2)c1.